The second-order valence-corrected chi connectivity index (χ2v) is 5.92. The van der Waals surface area contributed by atoms with Crippen LogP contribution in [0.5, 0.6) is 0 Å². The monoisotopic (exact) mass is 332 g/mol. The van der Waals surface area contributed by atoms with Gasteiger partial charge in [-0.3, -0.25) is 9.69 Å². The van der Waals surface area contributed by atoms with Crippen molar-refractivity contribution >= 4 is 23.5 Å². The largest absolute Gasteiger partial charge is 0.325 e. The van der Waals surface area contributed by atoms with Crippen LogP contribution in [-0.4, -0.2) is 16.8 Å². The zero-order chi connectivity index (χ0) is 16.6. The third-order valence-corrected chi connectivity index (χ3v) is 4.36. The summed E-state index contributed by atoms with van der Waals surface area (Å²) in [5, 5.41) is 2.86. The van der Waals surface area contributed by atoms with Crippen molar-refractivity contribution < 1.29 is 14.0 Å². The predicted molar refractivity (Wildman–Crippen MR) is 84.3 cm³/mol. The van der Waals surface area contributed by atoms with Crippen LogP contribution in [0.15, 0.2) is 48.5 Å². The first-order valence-electron chi connectivity index (χ1n) is 7.06. The summed E-state index contributed by atoms with van der Waals surface area (Å²) in [4.78, 5) is 26.0. The molecule has 0 radical (unpaired) electrons. The Morgan fingerprint density at radius 3 is 2.48 bits per heavy atom. The molecule has 0 aliphatic carbocycles. The Kier molecular flexibility index (Phi) is 3.82. The fraction of sp³-hybridized carbons (Fsp3) is 0.176. The van der Waals surface area contributed by atoms with Crippen molar-refractivity contribution in [3.05, 3.63) is 70.5 Å². The minimum absolute atomic E-state index is 0.120. The standard InChI is InChI=1S/C17H14ClFN2O2/c1-17(11-6-3-2-4-7-11)15(22)21(16(23)20-17)10-12-13(18)8-5-9-14(12)19/h2-9H,10H2,1H3,(H,20,23)/t17-/m1/s1. The molecule has 3 amide bonds. The summed E-state index contributed by atoms with van der Waals surface area (Å²) in [7, 11) is 0. The SMILES string of the molecule is C[C@]1(c2ccccc2)NC(=O)N(Cc2c(F)cccc2Cl)C1=O. The molecule has 0 aromatic heterocycles. The quantitative estimate of drug-likeness (QED) is 0.875. The van der Waals surface area contributed by atoms with E-state index >= 15 is 0 Å². The number of amides is 3. The lowest BCUT2D eigenvalue weighted by atomic mass is 9.92. The van der Waals surface area contributed by atoms with Crippen LogP contribution in [0, 0.1) is 5.82 Å². The van der Waals surface area contributed by atoms with Gasteiger partial charge in [0.15, 0.2) is 0 Å². The minimum atomic E-state index is -1.17. The average molecular weight is 333 g/mol. The van der Waals surface area contributed by atoms with E-state index < -0.39 is 23.3 Å². The van der Waals surface area contributed by atoms with E-state index in [1.807, 2.05) is 6.07 Å². The van der Waals surface area contributed by atoms with Gasteiger partial charge in [0, 0.05) is 10.6 Å². The molecule has 0 bridgehead atoms. The summed E-state index contributed by atoms with van der Waals surface area (Å²) >= 11 is 5.98. The summed E-state index contributed by atoms with van der Waals surface area (Å²) in [6, 6.07) is 12.6. The second-order valence-electron chi connectivity index (χ2n) is 5.51. The molecule has 2 aromatic rings. The van der Waals surface area contributed by atoms with Crippen molar-refractivity contribution in [1.29, 1.82) is 0 Å². The molecule has 3 rings (SSSR count). The van der Waals surface area contributed by atoms with Crippen LogP contribution in [0.4, 0.5) is 9.18 Å². The van der Waals surface area contributed by atoms with Crippen molar-refractivity contribution in [1.82, 2.24) is 10.2 Å². The zero-order valence-corrected chi connectivity index (χ0v) is 13.1. The van der Waals surface area contributed by atoms with Crippen LogP contribution in [0.25, 0.3) is 0 Å². The van der Waals surface area contributed by atoms with E-state index in [-0.39, 0.29) is 17.1 Å². The Morgan fingerprint density at radius 2 is 1.83 bits per heavy atom. The minimum Gasteiger partial charge on any atom is -0.319 e. The highest BCUT2D eigenvalue weighted by atomic mass is 35.5. The lowest BCUT2D eigenvalue weighted by Crippen LogP contribution is -2.40. The molecule has 4 nitrogen and oxygen atoms in total. The molecular weight excluding hydrogens is 319 g/mol. The lowest BCUT2D eigenvalue weighted by Gasteiger charge is -2.22. The van der Waals surface area contributed by atoms with Gasteiger partial charge in [-0.25, -0.2) is 9.18 Å². The molecule has 1 atom stereocenters. The molecule has 0 unspecified atom stereocenters. The van der Waals surface area contributed by atoms with Crippen molar-refractivity contribution in [2.24, 2.45) is 0 Å². The highest BCUT2D eigenvalue weighted by Crippen LogP contribution is 2.31. The maximum atomic E-state index is 13.9. The Hall–Kier alpha value is -2.40. The highest BCUT2D eigenvalue weighted by molar-refractivity contribution is 6.31. The number of nitrogens with zero attached hydrogens (tertiary/aromatic N) is 1. The molecule has 0 spiro atoms. The average Bonchev–Trinajstić information content (AvgIpc) is 2.75. The second kappa shape index (κ2) is 5.66. The molecule has 118 valence electrons. The summed E-state index contributed by atoms with van der Waals surface area (Å²) in [6.45, 7) is 1.42. The number of hydrogen-bond acceptors (Lipinski definition) is 2. The maximum absolute atomic E-state index is 13.9. The molecule has 1 fully saturated rings. The molecule has 0 saturated carbocycles. The third kappa shape index (κ3) is 2.57. The fourth-order valence-electron chi connectivity index (χ4n) is 2.65. The van der Waals surface area contributed by atoms with Gasteiger partial charge < -0.3 is 5.32 Å². The van der Waals surface area contributed by atoms with E-state index in [4.69, 9.17) is 11.6 Å². The van der Waals surface area contributed by atoms with Gasteiger partial charge in [0.25, 0.3) is 5.91 Å². The first-order chi connectivity index (χ1) is 10.9. The zero-order valence-electron chi connectivity index (χ0n) is 12.3. The molecular formula is C17H14ClFN2O2. The number of imide groups is 1. The number of carbonyl (C=O) groups excluding carboxylic acids is 2. The van der Waals surface area contributed by atoms with Gasteiger partial charge in [0.2, 0.25) is 0 Å². The van der Waals surface area contributed by atoms with E-state index in [1.165, 1.54) is 18.2 Å². The highest BCUT2D eigenvalue weighted by Gasteiger charge is 2.49. The lowest BCUT2D eigenvalue weighted by molar-refractivity contribution is -0.131. The van der Waals surface area contributed by atoms with E-state index in [2.05, 4.69) is 5.32 Å². The van der Waals surface area contributed by atoms with Crippen molar-refractivity contribution in [2.45, 2.75) is 19.0 Å². The van der Waals surface area contributed by atoms with E-state index in [9.17, 15) is 14.0 Å². The molecule has 6 heteroatoms. The van der Waals surface area contributed by atoms with Gasteiger partial charge in [0.05, 0.1) is 6.54 Å². The van der Waals surface area contributed by atoms with Crippen LogP contribution in [-0.2, 0) is 16.9 Å². The topological polar surface area (TPSA) is 49.4 Å². The van der Waals surface area contributed by atoms with E-state index in [1.54, 1.807) is 31.2 Å². The normalized spacial score (nSPS) is 20.7. The molecule has 2 aromatic carbocycles. The molecule has 1 aliphatic rings. The van der Waals surface area contributed by atoms with Crippen LogP contribution in [0.2, 0.25) is 5.02 Å². The van der Waals surface area contributed by atoms with Crippen molar-refractivity contribution in [2.75, 3.05) is 0 Å². The van der Waals surface area contributed by atoms with Crippen LogP contribution < -0.4 is 5.32 Å². The van der Waals surface area contributed by atoms with Gasteiger partial charge in [0.1, 0.15) is 11.4 Å². The van der Waals surface area contributed by atoms with E-state index in [0.717, 1.165) is 4.90 Å². The van der Waals surface area contributed by atoms with Gasteiger partial charge in [-0.05, 0) is 24.6 Å². The predicted octanol–water partition coefficient (Wildman–Crippen LogP) is 3.45. The Bertz CT molecular complexity index is 761. The van der Waals surface area contributed by atoms with Crippen molar-refractivity contribution in [3.8, 4) is 0 Å². The first kappa shape index (κ1) is 15.5. The summed E-state index contributed by atoms with van der Waals surface area (Å²) in [5.41, 5.74) is -0.383. The number of hydrogen-bond donors (Lipinski definition) is 1. The van der Waals surface area contributed by atoms with Gasteiger partial charge in [-0.1, -0.05) is 48.0 Å². The Morgan fingerprint density at radius 1 is 1.13 bits per heavy atom. The number of halogens is 2. The van der Waals surface area contributed by atoms with Crippen molar-refractivity contribution in [3.63, 3.8) is 0 Å². The molecule has 1 aliphatic heterocycles. The molecule has 1 saturated heterocycles. The third-order valence-electron chi connectivity index (χ3n) is 4.00. The summed E-state index contributed by atoms with van der Waals surface area (Å²) in [5.74, 6) is -0.987. The number of urea groups is 1. The van der Waals surface area contributed by atoms with Crippen LogP contribution in [0.3, 0.4) is 0 Å². The molecule has 1 N–H and O–H groups in total. The van der Waals surface area contributed by atoms with E-state index in [0.29, 0.717) is 5.56 Å². The van der Waals surface area contributed by atoms with Gasteiger partial charge in [-0.15, -0.1) is 0 Å². The van der Waals surface area contributed by atoms with Gasteiger partial charge >= 0.3 is 6.03 Å². The molecule has 1 heterocycles. The van der Waals surface area contributed by atoms with Crippen LogP contribution >= 0.6 is 11.6 Å². The number of benzene rings is 2. The van der Waals surface area contributed by atoms with Gasteiger partial charge in [-0.2, -0.15) is 0 Å². The molecule has 23 heavy (non-hydrogen) atoms. The summed E-state index contributed by atoms with van der Waals surface area (Å²) in [6.07, 6.45) is 0. The first-order valence-corrected chi connectivity index (χ1v) is 7.44. The maximum Gasteiger partial charge on any atom is 0.325 e. The Labute approximate surface area is 137 Å². The van der Waals surface area contributed by atoms with Crippen LogP contribution in [0.1, 0.15) is 18.1 Å². The number of rotatable bonds is 3. The number of carbonyl (C=O) groups is 2. The number of nitrogens with one attached hydrogen (secondary N) is 1. The summed E-state index contributed by atoms with van der Waals surface area (Å²) < 4.78 is 13.9. The fourth-order valence-corrected chi connectivity index (χ4v) is 2.87. The smallest absolute Gasteiger partial charge is 0.319 e. The Balaban J connectivity index is 1.94.